The predicted molar refractivity (Wildman–Crippen MR) is 65.7 cm³/mol. The number of alkyl halides is 3. The number of rotatable bonds is 2. The molecule has 1 fully saturated rings. The first-order chi connectivity index (χ1) is 7.56. The fourth-order valence-electron chi connectivity index (χ4n) is 1.83. The average Bonchev–Trinajstić information content (AvgIpc) is 2.14. The number of nitrogens with two attached hydrogens (primary N) is 1. The molecule has 0 aliphatic heterocycles. The summed E-state index contributed by atoms with van der Waals surface area (Å²) in [5, 5.41) is 0. The molecule has 3 N–H and O–H groups in total. The Morgan fingerprint density at radius 1 is 1.18 bits per heavy atom. The zero-order chi connectivity index (χ0) is 13.3. The molecule has 0 aromatic carbocycles. The molecule has 17 heavy (non-hydrogen) atoms. The van der Waals surface area contributed by atoms with Gasteiger partial charge in [-0.2, -0.15) is 13.2 Å². The van der Waals surface area contributed by atoms with Gasteiger partial charge in [0.25, 0.3) is 0 Å². The zero-order valence-corrected chi connectivity index (χ0v) is 11.3. The van der Waals surface area contributed by atoms with Crippen molar-refractivity contribution < 1.29 is 13.2 Å². The number of halogens is 3. The third-order valence-corrected chi connectivity index (χ3v) is 4.08. The Balaban J connectivity index is 2.74. The van der Waals surface area contributed by atoms with E-state index in [2.05, 4.69) is 4.72 Å². The molecule has 0 amide bonds. The van der Waals surface area contributed by atoms with Crippen LogP contribution >= 0.6 is 11.9 Å². The Hall–Kier alpha value is 0.0600. The molecule has 1 saturated carbocycles. The second-order valence-corrected chi connectivity index (χ2v) is 7.37. The highest BCUT2D eigenvalue weighted by atomic mass is 32.2. The summed E-state index contributed by atoms with van der Waals surface area (Å²) < 4.78 is 42.0. The van der Waals surface area contributed by atoms with Gasteiger partial charge in [0.2, 0.25) is 0 Å². The standard InChI is InChI=1S/C11H21F3N2S/c1-9(2,3)17-16-10(11(12,13)14)6-4-8(15)5-7-10/h8,16H,4-7,15H2,1-3H3. The minimum atomic E-state index is -4.22. The van der Waals surface area contributed by atoms with E-state index < -0.39 is 11.7 Å². The van der Waals surface area contributed by atoms with Crippen LogP contribution in [0.3, 0.4) is 0 Å². The van der Waals surface area contributed by atoms with Gasteiger partial charge in [-0.3, -0.25) is 0 Å². The van der Waals surface area contributed by atoms with Gasteiger partial charge in [-0.05, 0) is 46.5 Å². The third kappa shape index (κ3) is 4.03. The van der Waals surface area contributed by atoms with E-state index in [-0.39, 0.29) is 23.6 Å². The van der Waals surface area contributed by atoms with Crippen LogP contribution in [0, 0.1) is 0 Å². The summed E-state index contributed by atoms with van der Waals surface area (Å²) >= 11 is 1.16. The Labute approximate surface area is 105 Å². The van der Waals surface area contributed by atoms with Gasteiger partial charge in [0.15, 0.2) is 0 Å². The van der Waals surface area contributed by atoms with Crippen molar-refractivity contribution >= 4 is 11.9 Å². The van der Waals surface area contributed by atoms with Gasteiger partial charge in [0.05, 0.1) is 0 Å². The molecule has 0 atom stereocenters. The molecule has 0 aromatic heterocycles. The molecule has 1 aliphatic carbocycles. The van der Waals surface area contributed by atoms with Crippen molar-refractivity contribution in [3.63, 3.8) is 0 Å². The van der Waals surface area contributed by atoms with Crippen molar-refractivity contribution in [3.05, 3.63) is 0 Å². The number of nitrogens with one attached hydrogen (secondary N) is 1. The van der Waals surface area contributed by atoms with E-state index in [4.69, 9.17) is 5.73 Å². The van der Waals surface area contributed by atoms with Crippen molar-refractivity contribution in [3.8, 4) is 0 Å². The van der Waals surface area contributed by atoms with E-state index in [0.29, 0.717) is 12.8 Å². The quantitative estimate of drug-likeness (QED) is 0.757. The Bertz CT molecular complexity index is 252. The van der Waals surface area contributed by atoms with Crippen molar-refractivity contribution in [1.29, 1.82) is 0 Å². The molecule has 0 saturated heterocycles. The molecule has 0 unspecified atom stereocenters. The van der Waals surface area contributed by atoms with Crippen molar-refractivity contribution in [2.24, 2.45) is 5.73 Å². The smallest absolute Gasteiger partial charge is 0.328 e. The van der Waals surface area contributed by atoms with Gasteiger partial charge < -0.3 is 5.73 Å². The van der Waals surface area contributed by atoms with Crippen molar-refractivity contribution in [2.45, 2.75) is 69.0 Å². The maximum absolute atomic E-state index is 13.2. The molecule has 0 radical (unpaired) electrons. The first-order valence-corrected chi connectivity index (χ1v) is 6.65. The van der Waals surface area contributed by atoms with Crippen LogP contribution in [0.4, 0.5) is 13.2 Å². The van der Waals surface area contributed by atoms with Crippen LogP contribution in [0.1, 0.15) is 46.5 Å². The lowest BCUT2D eigenvalue weighted by Gasteiger charge is -2.42. The zero-order valence-electron chi connectivity index (χ0n) is 10.5. The maximum atomic E-state index is 13.2. The van der Waals surface area contributed by atoms with E-state index in [9.17, 15) is 13.2 Å². The predicted octanol–water partition coefficient (Wildman–Crippen LogP) is 3.23. The van der Waals surface area contributed by atoms with Crippen LogP contribution in [-0.4, -0.2) is 22.5 Å². The highest BCUT2D eigenvalue weighted by Crippen LogP contribution is 2.43. The first-order valence-electron chi connectivity index (χ1n) is 5.83. The molecule has 1 aliphatic rings. The summed E-state index contributed by atoms with van der Waals surface area (Å²) in [6.45, 7) is 5.68. The summed E-state index contributed by atoms with van der Waals surface area (Å²) in [5.41, 5.74) is 3.92. The van der Waals surface area contributed by atoms with Crippen molar-refractivity contribution in [1.82, 2.24) is 4.72 Å². The van der Waals surface area contributed by atoms with Crippen LogP contribution in [-0.2, 0) is 0 Å². The van der Waals surface area contributed by atoms with Gasteiger partial charge in [0, 0.05) is 10.8 Å². The van der Waals surface area contributed by atoms with Gasteiger partial charge >= 0.3 is 6.18 Å². The average molecular weight is 270 g/mol. The lowest BCUT2D eigenvalue weighted by atomic mass is 9.80. The molecule has 1 rings (SSSR count). The van der Waals surface area contributed by atoms with E-state index in [1.54, 1.807) is 0 Å². The monoisotopic (exact) mass is 270 g/mol. The first kappa shape index (κ1) is 15.1. The minimum absolute atomic E-state index is 0.0702. The molecular weight excluding hydrogens is 249 g/mol. The molecular formula is C11H21F3N2S. The number of hydrogen-bond acceptors (Lipinski definition) is 3. The Kier molecular flexibility index (Phi) is 4.42. The second kappa shape index (κ2) is 4.97. The van der Waals surface area contributed by atoms with E-state index in [0.717, 1.165) is 11.9 Å². The fourth-order valence-corrected chi connectivity index (χ4v) is 2.65. The minimum Gasteiger partial charge on any atom is -0.328 e. The fraction of sp³-hybridized carbons (Fsp3) is 1.00. The molecule has 2 nitrogen and oxygen atoms in total. The van der Waals surface area contributed by atoms with Gasteiger partial charge in [-0.1, -0.05) is 11.9 Å². The van der Waals surface area contributed by atoms with Crippen LogP contribution in [0.25, 0.3) is 0 Å². The van der Waals surface area contributed by atoms with Crippen LogP contribution in [0.5, 0.6) is 0 Å². The SMILES string of the molecule is CC(C)(C)SNC1(C(F)(F)F)CCC(N)CC1. The Morgan fingerprint density at radius 2 is 1.65 bits per heavy atom. The van der Waals surface area contributed by atoms with Crippen LogP contribution in [0.2, 0.25) is 0 Å². The maximum Gasteiger partial charge on any atom is 0.407 e. The highest BCUT2D eigenvalue weighted by Gasteiger charge is 2.55. The van der Waals surface area contributed by atoms with E-state index in [1.165, 1.54) is 0 Å². The topological polar surface area (TPSA) is 38.0 Å². The van der Waals surface area contributed by atoms with Crippen LogP contribution < -0.4 is 10.5 Å². The van der Waals surface area contributed by atoms with Gasteiger partial charge in [-0.15, -0.1) is 0 Å². The van der Waals surface area contributed by atoms with Crippen LogP contribution in [0.15, 0.2) is 0 Å². The van der Waals surface area contributed by atoms with Gasteiger partial charge in [0.1, 0.15) is 5.54 Å². The summed E-state index contributed by atoms with van der Waals surface area (Å²) in [6.07, 6.45) is -3.22. The normalized spacial score (nSPS) is 31.6. The lowest BCUT2D eigenvalue weighted by Crippen LogP contribution is -2.58. The second-order valence-electron chi connectivity index (χ2n) is 5.73. The Morgan fingerprint density at radius 3 is 2.00 bits per heavy atom. The highest BCUT2D eigenvalue weighted by molar-refractivity contribution is 7.98. The third-order valence-electron chi connectivity index (χ3n) is 2.98. The molecule has 102 valence electrons. The van der Waals surface area contributed by atoms with Crippen molar-refractivity contribution in [2.75, 3.05) is 0 Å². The lowest BCUT2D eigenvalue weighted by molar-refractivity contribution is -0.199. The molecule has 0 aromatic rings. The molecule has 0 heterocycles. The molecule has 0 bridgehead atoms. The van der Waals surface area contributed by atoms with E-state index in [1.807, 2.05) is 20.8 Å². The summed E-state index contributed by atoms with van der Waals surface area (Å²) in [5.74, 6) is 0. The molecule has 0 spiro atoms. The van der Waals surface area contributed by atoms with E-state index >= 15 is 0 Å². The van der Waals surface area contributed by atoms with Gasteiger partial charge in [-0.25, -0.2) is 4.72 Å². The largest absolute Gasteiger partial charge is 0.407 e. The molecule has 6 heteroatoms. The summed E-state index contributed by atoms with van der Waals surface area (Å²) in [6, 6.07) is -0.0908. The summed E-state index contributed by atoms with van der Waals surface area (Å²) in [7, 11) is 0. The number of hydrogen-bond donors (Lipinski definition) is 2. The summed E-state index contributed by atoms with van der Waals surface area (Å²) in [4.78, 5) is 0.